The maximum absolute atomic E-state index is 14.3. The maximum atomic E-state index is 14.3. The first kappa shape index (κ1) is 38.1. The summed E-state index contributed by atoms with van der Waals surface area (Å²) in [6.07, 6.45) is 4.27. The first-order valence-electron chi connectivity index (χ1n) is 18.3. The van der Waals surface area contributed by atoms with Gasteiger partial charge in [0, 0.05) is 66.6 Å². The molecule has 0 spiro atoms. The minimum atomic E-state index is -4.52. The minimum absolute atomic E-state index is 0.0741. The van der Waals surface area contributed by atoms with E-state index in [1.54, 1.807) is 10.7 Å². The molecule has 1 aliphatic carbocycles. The van der Waals surface area contributed by atoms with Crippen LogP contribution in [0.1, 0.15) is 75.6 Å². The average Bonchev–Trinajstić information content (AvgIpc) is 3.41. The fourth-order valence-electron chi connectivity index (χ4n) is 8.70. The lowest BCUT2D eigenvalue weighted by Crippen LogP contribution is -2.45. The van der Waals surface area contributed by atoms with E-state index in [9.17, 15) is 31.8 Å². The van der Waals surface area contributed by atoms with Gasteiger partial charge in [0.1, 0.15) is 0 Å². The van der Waals surface area contributed by atoms with Gasteiger partial charge in [0.15, 0.2) is 0 Å². The van der Waals surface area contributed by atoms with E-state index in [2.05, 4.69) is 9.80 Å². The Labute approximate surface area is 299 Å². The van der Waals surface area contributed by atoms with Crippen molar-refractivity contribution in [3.63, 3.8) is 0 Å². The molecule has 9 nitrogen and oxygen atoms in total. The maximum Gasteiger partial charge on any atom is 0.417 e. The zero-order chi connectivity index (χ0) is 35.8. The largest absolute Gasteiger partial charge is 0.417 e. The van der Waals surface area contributed by atoms with Gasteiger partial charge < -0.3 is 20.0 Å². The topological polar surface area (TPSA) is 102 Å². The van der Waals surface area contributed by atoms with E-state index < -0.39 is 33.5 Å². The molecule has 50 heavy (non-hydrogen) atoms. The molecule has 6 rings (SSSR count). The Morgan fingerprint density at radius 3 is 2.36 bits per heavy atom. The van der Waals surface area contributed by atoms with Crippen molar-refractivity contribution in [2.75, 3.05) is 57.8 Å². The second-order valence-corrected chi connectivity index (χ2v) is 18.8. The van der Waals surface area contributed by atoms with Crippen LogP contribution in [-0.2, 0) is 35.7 Å². The van der Waals surface area contributed by atoms with Crippen LogP contribution in [0.2, 0.25) is 0 Å². The first-order valence-corrected chi connectivity index (χ1v) is 21.1. The number of fused-ring (bicyclic) bond motifs is 2. The highest BCUT2D eigenvalue weighted by Crippen LogP contribution is 2.41. The Morgan fingerprint density at radius 2 is 1.68 bits per heavy atom. The molecule has 280 valence electrons. The number of hydrogen-bond donors (Lipinski definition) is 2. The summed E-state index contributed by atoms with van der Waals surface area (Å²) in [7, 11) is -3.52. The van der Waals surface area contributed by atoms with E-state index in [4.69, 9.17) is 5.10 Å². The number of alkyl halides is 3. The zero-order valence-corrected chi connectivity index (χ0v) is 31.3. The number of likely N-dealkylation sites (tertiary alicyclic amines) is 2. The van der Waals surface area contributed by atoms with Crippen LogP contribution in [0, 0.1) is 17.8 Å². The van der Waals surface area contributed by atoms with Gasteiger partial charge in [-0.25, -0.2) is 8.42 Å². The summed E-state index contributed by atoms with van der Waals surface area (Å²) >= 11 is 1.22. The molecule has 0 amide bonds. The van der Waals surface area contributed by atoms with Gasteiger partial charge in [0.2, 0.25) is 10.0 Å². The Morgan fingerprint density at radius 1 is 0.980 bits per heavy atom. The predicted octanol–water partition coefficient (Wildman–Crippen LogP) is 5.33. The van der Waals surface area contributed by atoms with Crippen LogP contribution in [0.15, 0.2) is 23.1 Å². The van der Waals surface area contributed by atoms with Crippen molar-refractivity contribution in [1.82, 2.24) is 23.9 Å². The number of piperidine rings is 2. The highest BCUT2D eigenvalue weighted by molar-refractivity contribution is 7.99. The third-order valence-corrected chi connectivity index (χ3v) is 13.9. The van der Waals surface area contributed by atoms with Gasteiger partial charge >= 0.3 is 6.18 Å². The normalized spacial score (nSPS) is 24.2. The molecular weight excluding hydrogens is 688 g/mol. The Kier molecular flexibility index (Phi) is 11.7. The predicted molar refractivity (Wildman–Crippen MR) is 190 cm³/mol. The van der Waals surface area contributed by atoms with Gasteiger partial charge in [-0.3, -0.25) is 4.68 Å². The highest BCUT2D eigenvalue weighted by Gasteiger charge is 2.36. The number of thioether (sulfide) groups is 1. The second-order valence-electron chi connectivity index (χ2n) is 15.6. The molecule has 2 saturated heterocycles. The molecule has 14 heteroatoms. The first-order chi connectivity index (χ1) is 23.6. The number of aliphatic hydroxyl groups is 2. The van der Waals surface area contributed by atoms with Crippen molar-refractivity contribution in [2.24, 2.45) is 17.8 Å². The number of nitrogens with zero attached hydrogens (tertiary/aromatic N) is 5. The summed E-state index contributed by atoms with van der Waals surface area (Å²) in [4.78, 5) is 4.75. The Bertz CT molecular complexity index is 1590. The lowest BCUT2D eigenvalue weighted by Gasteiger charge is -2.41. The van der Waals surface area contributed by atoms with Crippen LogP contribution >= 0.6 is 11.8 Å². The van der Waals surface area contributed by atoms with E-state index >= 15 is 0 Å². The molecule has 3 aliphatic heterocycles. The molecule has 2 unspecified atom stereocenters. The number of hydrogen-bond acceptors (Lipinski definition) is 8. The molecule has 1 aromatic carbocycles. The highest BCUT2D eigenvalue weighted by atomic mass is 32.2. The van der Waals surface area contributed by atoms with Crippen molar-refractivity contribution >= 4 is 21.8 Å². The molecule has 1 aromatic heterocycles. The summed E-state index contributed by atoms with van der Waals surface area (Å²) in [6, 6.07) is 4.13. The lowest BCUT2D eigenvalue weighted by atomic mass is 9.75. The Hall–Kier alpha value is -1.68. The van der Waals surface area contributed by atoms with Crippen LogP contribution in [0.4, 0.5) is 13.2 Å². The summed E-state index contributed by atoms with van der Waals surface area (Å²) in [5, 5.41) is 26.5. The van der Waals surface area contributed by atoms with Gasteiger partial charge in [-0.1, -0.05) is 25.3 Å². The molecule has 2 aromatic rings. The van der Waals surface area contributed by atoms with E-state index in [0.29, 0.717) is 41.5 Å². The van der Waals surface area contributed by atoms with Crippen LogP contribution in [0.25, 0.3) is 11.3 Å². The van der Waals surface area contributed by atoms with Crippen molar-refractivity contribution in [3.8, 4) is 11.3 Å². The van der Waals surface area contributed by atoms with E-state index in [0.717, 1.165) is 69.5 Å². The number of rotatable bonds is 11. The second kappa shape index (κ2) is 15.4. The molecule has 3 fully saturated rings. The fourth-order valence-corrected chi connectivity index (χ4v) is 10.6. The van der Waals surface area contributed by atoms with Crippen LogP contribution in [0.3, 0.4) is 0 Å². The lowest BCUT2D eigenvalue weighted by molar-refractivity contribution is -0.139. The van der Waals surface area contributed by atoms with Crippen molar-refractivity contribution < 1.29 is 31.8 Å². The van der Waals surface area contributed by atoms with Crippen LogP contribution in [0.5, 0.6) is 0 Å². The summed E-state index contributed by atoms with van der Waals surface area (Å²) in [5.41, 5.74) is 1.04. The van der Waals surface area contributed by atoms with Crippen LogP contribution < -0.4 is 0 Å². The molecule has 0 radical (unpaired) electrons. The smallest absolute Gasteiger partial charge is 0.390 e. The number of aliphatic hydroxyl groups excluding tert-OH is 1. The molecule has 3 atom stereocenters. The molecule has 1 saturated carbocycles. The molecule has 4 aliphatic rings. The quantitative estimate of drug-likeness (QED) is 0.298. The van der Waals surface area contributed by atoms with Crippen molar-refractivity contribution in [2.45, 2.75) is 101 Å². The number of sulfonamides is 1. The average molecular weight is 742 g/mol. The van der Waals surface area contributed by atoms with Gasteiger partial charge in [-0.2, -0.15) is 22.6 Å². The van der Waals surface area contributed by atoms with Gasteiger partial charge in [-0.05, 0) is 89.1 Å². The molecule has 4 heterocycles. The number of aromatic nitrogens is 2. The third-order valence-electron chi connectivity index (χ3n) is 11.6. The van der Waals surface area contributed by atoms with E-state index in [1.165, 1.54) is 54.2 Å². The van der Waals surface area contributed by atoms with Crippen molar-refractivity contribution in [3.05, 3.63) is 35.0 Å². The van der Waals surface area contributed by atoms with Crippen LogP contribution in [-0.4, -0.2) is 112 Å². The monoisotopic (exact) mass is 741 g/mol. The number of β-amino-alcohol motifs (C(OH)–C–C–N with tert-alkyl or cyclic N) is 1. The summed E-state index contributed by atoms with van der Waals surface area (Å²) < 4.78 is 71.1. The summed E-state index contributed by atoms with van der Waals surface area (Å²) in [6.45, 7) is 8.93. The minimum Gasteiger partial charge on any atom is -0.390 e. The van der Waals surface area contributed by atoms with Gasteiger partial charge in [-0.15, -0.1) is 11.8 Å². The SMILES string of the molecule is CC(C)(O)C1CCN(C[C@H](O)Cn2nc(-c3ccc(C(F)(F)F)c(SCCN4CCC5CCCCC5C4)c3)c3c2CCN(S(C)(=O)=O)C3)CC1. The third kappa shape index (κ3) is 9.09. The molecule has 2 N–H and O–H groups in total. The number of benzene rings is 1. The number of halogens is 3. The fraction of sp³-hybridized carbons (Fsp3) is 0.750. The Balaban J connectivity index is 1.21. The molecule has 0 bridgehead atoms. The zero-order valence-electron chi connectivity index (χ0n) is 29.7. The van der Waals surface area contributed by atoms with E-state index in [-0.39, 0.29) is 30.4 Å². The van der Waals surface area contributed by atoms with Gasteiger partial charge in [0.05, 0.1) is 35.8 Å². The standard InChI is InChI=1S/C36H54F3N5O4S2/c1-35(2,46)28-11-15-41(16-12-28)22-29(45)23-44-32-13-17-43(50(3,47)48)24-30(32)34(40-44)26-8-9-31(36(37,38)39)33(20-26)49-19-18-42-14-10-25-6-4-5-7-27(25)21-42/h8-9,20,25,27-29,45-46H,4-7,10-19,21-24H2,1-3H3/t25?,27?,29-/m0/s1. The molecular formula is C36H54F3N5O4S2. The summed E-state index contributed by atoms with van der Waals surface area (Å²) in [5.74, 6) is 2.24. The van der Waals surface area contributed by atoms with Gasteiger partial charge in [0.25, 0.3) is 0 Å². The van der Waals surface area contributed by atoms with E-state index in [1.807, 2.05) is 13.8 Å². The van der Waals surface area contributed by atoms with Crippen molar-refractivity contribution in [1.29, 1.82) is 0 Å².